The van der Waals surface area contributed by atoms with E-state index in [-0.39, 0.29) is 23.6 Å². The van der Waals surface area contributed by atoms with E-state index in [1.165, 1.54) is 30.0 Å². The van der Waals surface area contributed by atoms with Crippen molar-refractivity contribution in [2.45, 2.75) is 12.7 Å². The van der Waals surface area contributed by atoms with Gasteiger partial charge in [-0.05, 0) is 23.8 Å². The molecule has 0 aliphatic carbocycles. The number of ether oxygens (including phenoxy) is 1. The highest BCUT2D eigenvalue weighted by atomic mass is 19.4. The lowest BCUT2D eigenvalue weighted by molar-refractivity contribution is -0.138. The molecule has 0 bridgehead atoms. The molecule has 0 saturated heterocycles. The van der Waals surface area contributed by atoms with E-state index in [1.807, 2.05) is 48.5 Å². The van der Waals surface area contributed by atoms with Crippen LogP contribution in [0.1, 0.15) is 21.5 Å². The third-order valence-electron chi connectivity index (χ3n) is 5.07. The van der Waals surface area contributed by atoms with E-state index >= 15 is 0 Å². The van der Waals surface area contributed by atoms with Crippen molar-refractivity contribution in [2.75, 3.05) is 7.11 Å². The topological polar surface area (TPSA) is 56.1 Å². The summed E-state index contributed by atoms with van der Waals surface area (Å²) in [6.45, 7) is -0.303. The second-order valence-corrected chi connectivity index (χ2v) is 7.18. The fourth-order valence-electron chi connectivity index (χ4n) is 3.55. The average molecular weight is 451 g/mol. The summed E-state index contributed by atoms with van der Waals surface area (Å²) in [4.78, 5) is 13.3. The molecule has 0 aliphatic heterocycles. The maximum atomic E-state index is 13.3. The van der Waals surface area contributed by atoms with Crippen LogP contribution in [0.15, 0.2) is 84.9 Å². The molecule has 8 heteroatoms. The summed E-state index contributed by atoms with van der Waals surface area (Å²) in [7, 11) is 1.42. The van der Waals surface area contributed by atoms with Gasteiger partial charge in [0.2, 0.25) is 5.88 Å². The number of nitrogens with one attached hydrogen (secondary N) is 1. The number of hydrogen-bond acceptors (Lipinski definition) is 3. The smallest absolute Gasteiger partial charge is 0.416 e. The van der Waals surface area contributed by atoms with Crippen molar-refractivity contribution in [3.05, 3.63) is 102 Å². The molecular weight excluding hydrogens is 431 g/mol. The molecule has 0 unspecified atom stereocenters. The molecule has 0 radical (unpaired) electrons. The zero-order chi connectivity index (χ0) is 23.4. The first-order valence-electron chi connectivity index (χ1n) is 10.1. The van der Waals surface area contributed by atoms with Crippen LogP contribution in [0, 0.1) is 0 Å². The van der Waals surface area contributed by atoms with Gasteiger partial charge in [0.05, 0.1) is 18.4 Å². The van der Waals surface area contributed by atoms with Crippen molar-refractivity contribution >= 4 is 5.91 Å². The van der Waals surface area contributed by atoms with Crippen LogP contribution in [0.5, 0.6) is 5.88 Å². The first kappa shape index (κ1) is 22.1. The number of rotatable bonds is 6. The third kappa shape index (κ3) is 4.59. The lowest BCUT2D eigenvalue weighted by Gasteiger charge is -2.14. The highest BCUT2D eigenvalue weighted by Gasteiger charge is 2.33. The van der Waals surface area contributed by atoms with E-state index < -0.39 is 17.6 Å². The Morgan fingerprint density at radius 1 is 0.939 bits per heavy atom. The van der Waals surface area contributed by atoms with Crippen molar-refractivity contribution in [3.63, 3.8) is 0 Å². The molecule has 5 nitrogen and oxygen atoms in total. The van der Waals surface area contributed by atoms with Crippen molar-refractivity contribution in [1.82, 2.24) is 15.1 Å². The first-order chi connectivity index (χ1) is 15.9. The molecule has 0 atom stereocenters. The lowest BCUT2D eigenvalue weighted by Crippen LogP contribution is -2.25. The van der Waals surface area contributed by atoms with Gasteiger partial charge in [-0.3, -0.25) is 4.79 Å². The summed E-state index contributed by atoms with van der Waals surface area (Å²) in [6, 6.07) is 23.3. The van der Waals surface area contributed by atoms with Gasteiger partial charge in [-0.2, -0.15) is 23.0 Å². The highest BCUT2D eigenvalue weighted by molar-refractivity contribution is 6.02. The second-order valence-electron chi connectivity index (χ2n) is 7.18. The number of benzene rings is 3. The number of halogens is 3. The van der Waals surface area contributed by atoms with Crippen LogP contribution in [-0.2, 0) is 12.7 Å². The molecule has 3 aromatic carbocycles. The number of nitrogens with zero attached hydrogens (tertiary/aromatic N) is 2. The molecule has 33 heavy (non-hydrogen) atoms. The minimum Gasteiger partial charge on any atom is -0.480 e. The molecule has 4 aromatic rings. The van der Waals surface area contributed by atoms with Crippen molar-refractivity contribution < 1.29 is 22.7 Å². The monoisotopic (exact) mass is 451 g/mol. The minimum absolute atomic E-state index is 0.0333. The Morgan fingerprint density at radius 3 is 2.18 bits per heavy atom. The molecule has 1 amide bonds. The van der Waals surface area contributed by atoms with Gasteiger partial charge in [0.1, 0.15) is 11.3 Å². The van der Waals surface area contributed by atoms with Gasteiger partial charge < -0.3 is 10.1 Å². The molecular formula is C25H20F3N3O2. The van der Waals surface area contributed by atoms with Gasteiger partial charge in [-0.25, -0.2) is 0 Å². The molecule has 0 saturated carbocycles. The number of para-hydroxylation sites is 1. The summed E-state index contributed by atoms with van der Waals surface area (Å²) in [5, 5.41) is 7.21. The Kier molecular flexibility index (Phi) is 6.17. The van der Waals surface area contributed by atoms with Crippen LogP contribution in [0.3, 0.4) is 0 Å². The Labute approximate surface area is 188 Å². The second kappa shape index (κ2) is 9.20. The molecule has 1 heterocycles. The van der Waals surface area contributed by atoms with Crippen molar-refractivity contribution in [3.8, 4) is 22.8 Å². The van der Waals surface area contributed by atoms with Crippen LogP contribution in [0.4, 0.5) is 13.2 Å². The average Bonchev–Trinajstić information content (AvgIpc) is 3.23. The fourth-order valence-corrected chi connectivity index (χ4v) is 3.55. The Hall–Kier alpha value is -4.07. The van der Waals surface area contributed by atoms with Crippen LogP contribution in [0.2, 0.25) is 0 Å². The van der Waals surface area contributed by atoms with E-state index in [0.717, 1.165) is 6.07 Å². The quantitative estimate of drug-likeness (QED) is 0.421. The summed E-state index contributed by atoms with van der Waals surface area (Å²) >= 11 is 0. The lowest BCUT2D eigenvalue weighted by atomic mass is 10.1. The predicted molar refractivity (Wildman–Crippen MR) is 118 cm³/mol. The number of carbonyl (C=O) groups is 1. The summed E-state index contributed by atoms with van der Waals surface area (Å²) in [5.74, 6) is -0.411. The number of carbonyl (C=O) groups excluding carboxylic acids is 1. The number of methoxy groups -OCH3 is 1. The van der Waals surface area contributed by atoms with Crippen molar-refractivity contribution in [2.24, 2.45) is 0 Å². The Balaban J connectivity index is 1.75. The molecule has 0 spiro atoms. The van der Waals surface area contributed by atoms with Crippen molar-refractivity contribution in [1.29, 1.82) is 0 Å². The largest absolute Gasteiger partial charge is 0.480 e. The van der Waals surface area contributed by atoms with Gasteiger partial charge in [0.25, 0.3) is 5.91 Å². The van der Waals surface area contributed by atoms with Gasteiger partial charge in [0.15, 0.2) is 0 Å². The maximum Gasteiger partial charge on any atom is 0.416 e. The minimum atomic E-state index is -4.52. The Morgan fingerprint density at radius 2 is 1.55 bits per heavy atom. The van der Waals surface area contributed by atoms with E-state index in [2.05, 4.69) is 10.4 Å². The predicted octanol–water partition coefficient (Wildman–Crippen LogP) is 5.50. The van der Waals surface area contributed by atoms with Crippen LogP contribution < -0.4 is 10.1 Å². The van der Waals surface area contributed by atoms with Gasteiger partial charge in [0, 0.05) is 12.1 Å². The SMILES string of the molecule is COc1c(C(=O)NCc2ccccc2C(F)(F)F)c(-c2ccccc2)nn1-c1ccccc1. The van der Waals surface area contributed by atoms with Gasteiger partial charge in [-0.1, -0.05) is 66.7 Å². The summed E-state index contributed by atoms with van der Waals surface area (Å²) in [5.41, 5.74) is 1.02. The molecule has 0 fully saturated rings. The number of aromatic nitrogens is 2. The molecule has 4 rings (SSSR count). The molecule has 1 aromatic heterocycles. The van der Waals surface area contributed by atoms with Crippen LogP contribution >= 0.6 is 0 Å². The number of amides is 1. The number of alkyl halides is 3. The fraction of sp³-hybridized carbons (Fsp3) is 0.120. The first-order valence-corrected chi connectivity index (χ1v) is 10.1. The standard InChI is InChI=1S/C25H20F3N3O2/c1-33-24-21(23(32)29-16-18-12-8-9-15-20(18)25(26,27)28)22(17-10-4-2-5-11-17)30-31(24)19-13-6-3-7-14-19/h2-15H,16H2,1H3,(H,29,32). The third-order valence-corrected chi connectivity index (χ3v) is 5.07. The van der Waals surface area contributed by atoms with Gasteiger partial charge >= 0.3 is 6.18 Å². The van der Waals surface area contributed by atoms with E-state index in [9.17, 15) is 18.0 Å². The van der Waals surface area contributed by atoms with E-state index in [0.29, 0.717) is 16.9 Å². The molecule has 0 aliphatic rings. The number of hydrogen-bond donors (Lipinski definition) is 1. The molecule has 1 N–H and O–H groups in total. The zero-order valence-electron chi connectivity index (χ0n) is 17.6. The highest BCUT2D eigenvalue weighted by Crippen LogP contribution is 2.34. The zero-order valence-corrected chi connectivity index (χ0v) is 17.6. The maximum absolute atomic E-state index is 13.3. The normalized spacial score (nSPS) is 11.3. The van der Waals surface area contributed by atoms with Gasteiger partial charge in [-0.15, -0.1) is 0 Å². The molecule has 168 valence electrons. The van der Waals surface area contributed by atoms with E-state index in [4.69, 9.17) is 4.74 Å². The summed E-state index contributed by atoms with van der Waals surface area (Å²) < 4.78 is 47.1. The Bertz CT molecular complexity index is 1250. The summed E-state index contributed by atoms with van der Waals surface area (Å²) in [6.07, 6.45) is -4.52. The van der Waals surface area contributed by atoms with E-state index in [1.54, 1.807) is 12.1 Å². The van der Waals surface area contributed by atoms with Crippen LogP contribution in [0.25, 0.3) is 16.9 Å². The van der Waals surface area contributed by atoms with Crippen LogP contribution in [-0.4, -0.2) is 22.8 Å².